The highest BCUT2D eigenvalue weighted by molar-refractivity contribution is 6.30. The van der Waals surface area contributed by atoms with Gasteiger partial charge >= 0.3 is 11.9 Å². The Labute approximate surface area is 294 Å². The molecule has 252 valence electrons. The maximum absolute atomic E-state index is 11.8. The topological polar surface area (TPSA) is 80.8 Å². The van der Waals surface area contributed by atoms with E-state index in [9.17, 15) is 19.8 Å². The fourth-order valence-corrected chi connectivity index (χ4v) is 8.03. The summed E-state index contributed by atoms with van der Waals surface area (Å²) in [4.78, 5) is 25.9. The van der Waals surface area contributed by atoms with Crippen molar-refractivity contribution in [1.82, 2.24) is 0 Å². The van der Waals surface area contributed by atoms with Crippen molar-refractivity contribution >= 4 is 46.2 Å². The smallest absolute Gasteiger partial charge is 0.335 e. The normalized spacial score (nSPS) is 19.7. The molecule has 0 bridgehead atoms. The Hall–Kier alpha value is -4.68. The number of allylic oxidation sites excluding steroid dienone is 8. The van der Waals surface area contributed by atoms with Gasteiger partial charge in [0, 0.05) is 46.1 Å². The number of nitrogens with zero attached hydrogens (tertiary/aromatic N) is 2. The molecule has 2 N–H and O–H groups in total. The van der Waals surface area contributed by atoms with Gasteiger partial charge in [0.05, 0.1) is 16.5 Å². The van der Waals surface area contributed by atoms with Crippen LogP contribution in [0, 0.1) is 0 Å². The second-order valence-electron chi connectivity index (χ2n) is 14.0. The minimum atomic E-state index is -0.920. The Morgan fingerprint density at radius 1 is 0.837 bits per heavy atom. The van der Waals surface area contributed by atoms with E-state index in [4.69, 9.17) is 11.6 Å². The van der Waals surface area contributed by atoms with E-state index in [1.807, 2.05) is 36.4 Å². The quantitative estimate of drug-likeness (QED) is 0.232. The molecule has 0 amide bonds. The minimum Gasteiger partial charge on any atom is -0.478 e. The molecule has 2 aliphatic heterocycles. The lowest BCUT2D eigenvalue weighted by molar-refractivity contribution is -0.433. The zero-order chi connectivity index (χ0) is 35.2. The van der Waals surface area contributed by atoms with Crippen LogP contribution in [-0.2, 0) is 10.8 Å². The number of benzene rings is 3. The first kappa shape index (κ1) is 34.2. The molecule has 2 heterocycles. The molecule has 0 fully saturated rings. The summed E-state index contributed by atoms with van der Waals surface area (Å²) in [5.41, 5.74) is 11.1. The van der Waals surface area contributed by atoms with Crippen LogP contribution in [0.25, 0.3) is 5.57 Å². The number of hydrogen-bond donors (Lipinski definition) is 2. The van der Waals surface area contributed by atoms with E-state index in [1.165, 1.54) is 16.7 Å². The average molecular weight is 676 g/mol. The molecule has 0 radical (unpaired) electrons. The Bertz CT molecular complexity index is 2030. The molecule has 49 heavy (non-hydrogen) atoms. The molecule has 0 atom stereocenters. The number of carboxylic acids is 2. The predicted molar refractivity (Wildman–Crippen MR) is 199 cm³/mol. The average Bonchev–Trinajstić information content (AvgIpc) is 3.43. The lowest BCUT2D eigenvalue weighted by Gasteiger charge is -2.27. The molecular formula is C42H44ClN2O4+. The molecule has 7 heteroatoms. The molecule has 6 nitrogen and oxygen atoms in total. The predicted octanol–water partition coefficient (Wildman–Crippen LogP) is 9.95. The number of anilines is 1. The summed E-state index contributed by atoms with van der Waals surface area (Å²) in [6.45, 7) is 14.5. The monoisotopic (exact) mass is 675 g/mol. The lowest BCUT2D eigenvalue weighted by atomic mass is 9.79. The van der Waals surface area contributed by atoms with E-state index in [0.29, 0.717) is 16.1 Å². The van der Waals surface area contributed by atoms with Crippen LogP contribution >= 0.6 is 11.6 Å². The van der Waals surface area contributed by atoms with Crippen molar-refractivity contribution < 1.29 is 24.4 Å². The number of carboxylic acid groups (broad SMARTS) is 2. The fourth-order valence-electron chi connectivity index (χ4n) is 7.90. The number of aromatic carboxylic acids is 2. The van der Waals surface area contributed by atoms with Crippen molar-refractivity contribution in [2.24, 2.45) is 0 Å². The number of likely N-dealkylation sites (N-methyl/N-ethyl adjacent to an activating group) is 1. The zero-order valence-corrected chi connectivity index (χ0v) is 29.9. The highest BCUT2D eigenvalue weighted by atomic mass is 35.5. The second-order valence-corrected chi connectivity index (χ2v) is 14.5. The number of fused-ring (bicyclic) bond motifs is 2. The highest BCUT2D eigenvalue weighted by Crippen LogP contribution is 2.48. The zero-order valence-electron chi connectivity index (χ0n) is 29.1. The van der Waals surface area contributed by atoms with Gasteiger partial charge < -0.3 is 15.1 Å². The van der Waals surface area contributed by atoms with Crippen LogP contribution in [0.3, 0.4) is 0 Å². The first-order chi connectivity index (χ1) is 23.3. The summed E-state index contributed by atoms with van der Waals surface area (Å²) < 4.78 is 2.29. The summed E-state index contributed by atoms with van der Waals surface area (Å²) in [5.74, 6) is -1.84. The van der Waals surface area contributed by atoms with Gasteiger partial charge in [0.2, 0.25) is 5.69 Å². The molecule has 3 aromatic rings. The van der Waals surface area contributed by atoms with Crippen molar-refractivity contribution in [2.45, 2.75) is 71.6 Å². The summed E-state index contributed by atoms with van der Waals surface area (Å²) >= 11 is 6.35. The van der Waals surface area contributed by atoms with Gasteiger partial charge in [-0.05, 0) is 123 Å². The summed E-state index contributed by atoms with van der Waals surface area (Å²) in [7, 11) is 0. The number of rotatable bonds is 8. The molecule has 3 aliphatic rings. The van der Waals surface area contributed by atoms with Crippen molar-refractivity contribution in [3.8, 4) is 0 Å². The first-order valence-electron chi connectivity index (χ1n) is 17.1. The van der Waals surface area contributed by atoms with Crippen LogP contribution in [0.4, 0.5) is 11.4 Å². The summed E-state index contributed by atoms with van der Waals surface area (Å²) in [5, 5.41) is 20.1. The van der Waals surface area contributed by atoms with Gasteiger partial charge in [0.25, 0.3) is 0 Å². The van der Waals surface area contributed by atoms with Crippen LogP contribution in [-0.4, -0.2) is 45.5 Å². The van der Waals surface area contributed by atoms with E-state index in [2.05, 4.69) is 87.5 Å². The molecule has 3 aromatic carbocycles. The van der Waals surface area contributed by atoms with Gasteiger partial charge in [0.15, 0.2) is 5.71 Å². The Balaban J connectivity index is 1.46. The summed E-state index contributed by atoms with van der Waals surface area (Å²) in [6.07, 6.45) is 11.8. The lowest BCUT2D eigenvalue weighted by Crippen LogP contribution is -2.27. The third kappa shape index (κ3) is 5.97. The second kappa shape index (κ2) is 13.0. The fraction of sp³-hybridized carbons (Fsp3) is 0.310. The maximum Gasteiger partial charge on any atom is 0.335 e. The van der Waals surface area contributed by atoms with Crippen LogP contribution in [0.15, 0.2) is 102 Å². The van der Waals surface area contributed by atoms with Crippen molar-refractivity contribution in [2.75, 3.05) is 18.0 Å². The van der Waals surface area contributed by atoms with Gasteiger partial charge in [0.1, 0.15) is 6.54 Å². The Morgan fingerprint density at radius 2 is 1.49 bits per heavy atom. The molecule has 0 saturated heterocycles. The molecular weight excluding hydrogens is 632 g/mol. The van der Waals surface area contributed by atoms with Gasteiger partial charge in [-0.3, -0.25) is 0 Å². The highest BCUT2D eigenvalue weighted by Gasteiger charge is 2.44. The van der Waals surface area contributed by atoms with Gasteiger partial charge in [-0.2, -0.15) is 4.58 Å². The SMILES string of the molecule is CCN1C(=CC=C2CCCC(C=CC3=[N+](CC)c4ccc(C(=O)O)cc4C3(C)C)=C2c2ccc(Cl)cc2)C(C)(C)c2cc(C(=O)O)ccc21. The van der Waals surface area contributed by atoms with Crippen LogP contribution in [0.1, 0.15) is 98.2 Å². The van der Waals surface area contributed by atoms with Crippen molar-refractivity contribution in [1.29, 1.82) is 0 Å². The molecule has 0 saturated carbocycles. The number of carbonyl (C=O) groups is 2. The third-order valence-electron chi connectivity index (χ3n) is 10.5. The molecule has 6 rings (SSSR count). The van der Waals surface area contributed by atoms with Crippen LogP contribution in [0.2, 0.25) is 5.02 Å². The van der Waals surface area contributed by atoms with Gasteiger partial charge in [-0.15, -0.1) is 0 Å². The van der Waals surface area contributed by atoms with E-state index in [0.717, 1.165) is 71.8 Å². The minimum absolute atomic E-state index is 0.300. The molecule has 0 spiro atoms. The van der Waals surface area contributed by atoms with Gasteiger partial charge in [-0.25, -0.2) is 9.59 Å². The standard InChI is InChI=1S/C42H43ClN2O4/c1-7-44-34-20-14-29(39(46)47)24-32(34)41(3,4)36(44)22-16-26-10-9-11-27(38(26)28-12-18-31(43)19-13-28)17-23-37-42(5,6)33-25-30(40(48)49)15-21-35(33)45(37)8-2/h12-25H,7-11H2,1-6H3,(H-,46,47,48,49)/p+1. The molecule has 0 aromatic heterocycles. The van der Waals surface area contributed by atoms with Crippen LogP contribution < -0.4 is 4.90 Å². The largest absolute Gasteiger partial charge is 0.478 e. The van der Waals surface area contributed by atoms with Crippen molar-refractivity contribution in [3.05, 3.63) is 135 Å². The van der Waals surface area contributed by atoms with Crippen LogP contribution in [0.5, 0.6) is 0 Å². The Morgan fingerprint density at radius 3 is 2.12 bits per heavy atom. The van der Waals surface area contributed by atoms with Gasteiger partial charge in [-0.1, -0.05) is 49.7 Å². The third-order valence-corrected chi connectivity index (χ3v) is 10.7. The van der Waals surface area contributed by atoms with E-state index in [1.54, 1.807) is 12.1 Å². The number of halogens is 1. The van der Waals surface area contributed by atoms with E-state index >= 15 is 0 Å². The van der Waals surface area contributed by atoms with Crippen molar-refractivity contribution in [3.63, 3.8) is 0 Å². The van der Waals surface area contributed by atoms with E-state index in [-0.39, 0.29) is 10.8 Å². The first-order valence-corrected chi connectivity index (χ1v) is 17.4. The molecule has 1 aliphatic carbocycles. The Kier molecular flexibility index (Phi) is 9.06. The summed E-state index contributed by atoms with van der Waals surface area (Å²) in [6, 6.07) is 18.9. The maximum atomic E-state index is 11.8. The van der Waals surface area contributed by atoms with E-state index < -0.39 is 11.9 Å². The number of hydrogen-bond acceptors (Lipinski definition) is 3. The molecule has 0 unspecified atom stereocenters.